The number of rotatable bonds is 9. The molecule has 10 nitrogen and oxygen atoms in total. The van der Waals surface area contributed by atoms with Crippen LogP contribution in [0.1, 0.15) is 47.9 Å². The molecule has 3 aromatic carbocycles. The standard InChI is InChI=1S/C41H41ClN6O4/c1-24-30(7-5-9-32(24)40-46-35-19-26(18-33(42)38(35)52-40)22-48-15-4-3-11-36(48)41(50)51)31-8-6-10-34(25(31)2)45-39-37-28(12-14-43-39)17-27(20-44-37)21-47-16-13-29(49)23-47/h5-10,12,14,17-20,29,36,49H,3-4,11,13,15-16,21-23H2,1-2H3,(H,43,45)(H,50,51). The Kier molecular flexibility index (Phi) is 9.40. The van der Waals surface area contributed by atoms with E-state index >= 15 is 0 Å². The molecule has 2 saturated heterocycles. The van der Waals surface area contributed by atoms with Crippen molar-refractivity contribution < 1.29 is 19.4 Å². The number of oxazole rings is 1. The number of likely N-dealkylation sites (tertiary alicyclic amines) is 2. The molecule has 3 N–H and O–H groups in total. The molecule has 0 radical (unpaired) electrons. The lowest BCUT2D eigenvalue weighted by molar-refractivity contribution is -0.144. The van der Waals surface area contributed by atoms with Gasteiger partial charge in [-0.2, -0.15) is 0 Å². The van der Waals surface area contributed by atoms with Gasteiger partial charge in [-0.15, -0.1) is 0 Å². The molecule has 0 aliphatic carbocycles. The summed E-state index contributed by atoms with van der Waals surface area (Å²) in [6.07, 6.45) is 6.82. The number of aromatic nitrogens is 3. The molecular weight excluding hydrogens is 676 g/mol. The maximum atomic E-state index is 11.9. The Morgan fingerprint density at radius 3 is 2.56 bits per heavy atom. The molecule has 3 aromatic heterocycles. The lowest BCUT2D eigenvalue weighted by Crippen LogP contribution is -2.43. The van der Waals surface area contributed by atoms with Gasteiger partial charge in [0.15, 0.2) is 11.4 Å². The molecule has 0 amide bonds. The molecule has 0 saturated carbocycles. The number of piperidine rings is 1. The average Bonchev–Trinajstić information content (AvgIpc) is 3.75. The Balaban J connectivity index is 1.06. The van der Waals surface area contributed by atoms with Crippen LogP contribution in [0.2, 0.25) is 5.02 Å². The second-order valence-electron chi connectivity index (χ2n) is 14.1. The summed E-state index contributed by atoms with van der Waals surface area (Å²) >= 11 is 6.74. The second kappa shape index (κ2) is 14.3. The highest BCUT2D eigenvalue weighted by Gasteiger charge is 2.29. The van der Waals surface area contributed by atoms with E-state index in [4.69, 9.17) is 26.0 Å². The molecule has 2 aliphatic heterocycles. The van der Waals surface area contributed by atoms with Crippen molar-refractivity contribution >= 4 is 51.1 Å². The number of hydrogen-bond donors (Lipinski definition) is 3. The van der Waals surface area contributed by atoms with Gasteiger partial charge >= 0.3 is 5.97 Å². The first-order valence-corrected chi connectivity index (χ1v) is 18.3. The monoisotopic (exact) mass is 716 g/mol. The van der Waals surface area contributed by atoms with Crippen LogP contribution in [0, 0.1) is 13.8 Å². The van der Waals surface area contributed by atoms with Gasteiger partial charge in [-0.3, -0.25) is 19.6 Å². The van der Waals surface area contributed by atoms with Crippen molar-refractivity contribution in [3.8, 4) is 22.6 Å². The average molecular weight is 717 g/mol. The van der Waals surface area contributed by atoms with E-state index in [1.165, 1.54) is 0 Å². The van der Waals surface area contributed by atoms with E-state index in [1.807, 2.05) is 47.5 Å². The Morgan fingerprint density at radius 1 is 0.942 bits per heavy atom. The number of aliphatic hydroxyl groups is 1. The number of nitrogens with one attached hydrogen (secondary N) is 1. The van der Waals surface area contributed by atoms with Crippen LogP contribution < -0.4 is 5.32 Å². The Hall–Kier alpha value is -4.87. The number of carboxylic acids is 1. The van der Waals surface area contributed by atoms with Crippen LogP contribution in [-0.4, -0.2) is 72.7 Å². The zero-order valence-corrected chi connectivity index (χ0v) is 30.0. The predicted molar refractivity (Wildman–Crippen MR) is 204 cm³/mol. The molecule has 2 atom stereocenters. The number of halogens is 1. The maximum Gasteiger partial charge on any atom is 0.320 e. The van der Waals surface area contributed by atoms with Gasteiger partial charge in [0.1, 0.15) is 17.1 Å². The van der Waals surface area contributed by atoms with Gasteiger partial charge < -0.3 is 19.9 Å². The van der Waals surface area contributed by atoms with Crippen LogP contribution in [0.5, 0.6) is 0 Å². The third-order valence-corrected chi connectivity index (χ3v) is 10.8. The van der Waals surface area contributed by atoms with Crippen molar-refractivity contribution in [1.29, 1.82) is 0 Å². The first-order chi connectivity index (χ1) is 25.2. The summed E-state index contributed by atoms with van der Waals surface area (Å²) in [5.74, 6) is 0.385. The second-order valence-corrected chi connectivity index (χ2v) is 14.5. The van der Waals surface area contributed by atoms with Crippen molar-refractivity contribution in [1.82, 2.24) is 24.8 Å². The number of aliphatic carboxylic acids is 1. The largest absolute Gasteiger partial charge is 0.480 e. The van der Waals surface area contributed by atoms with E-state index in [9.17, 15) is 15.0 Å². The van der Waals surface area contributed by atoms with E-state index in [0.29, 0.717) is 47.3 Å². The van der Waals surface area contributed by atoms with Crippen molar-refractivity contribution in [3.63, 3.8) is 0 Å². The quantitative estimate of drug-likeness (QED) is 0.135. The number of β-amino-alcohol motifs (C(OH)–C–C–N with tert-alkyl or cyclic N) is 1. The predicted octanol–water partition coefficient (Wildman–Crippen LogP) is 8.12. The Morgan fingerprint density at radius 2 is 1.75 bits per heavy atom. The third kappa shape index (κ3) is 6.75. The Bertz CT molecular complexity index is 2310. The van der Waals surface area contributed by atoms with Gasteiger partial charge in [0, 0.05) is 55.2 Å². The van der Waals surface area contributed by atoms with Crippen molar-refractivity contribution in [2.75, 3.05) is 25.0 Å². The summed E-state index contributed by atoms with van der Waals surface area (Å²) in [6.45, 7) is 7.75. The van der Waals surface area contributed by atoms with Crippen molar-refractivity contribution in [2.45, 2.75) is 64.8 Å². The molecule has 8 rings (SSSR count). The van der Waals surface area contributed by atoms with Crippen LogP contribution in [-0.2, 0) is 17.9 Å². The Labute approximate surface area is 307 Å². The minimum Gasteiger partial charge on any atom is -0.480 e. The number of anilines is 2. The first-order valence-electron chi connectivity index (χ1n) is 17.9. The SMILES string of the molecule is Cc1c(Nc2nccc3cc(CN4CCC(O)C4)cnc23)cccc1-c1cccc(-c2nc3cc(CN4CCCCC4C(=O)O)cc(Cl)c3o2)c1C. The smallest absolute Gasteiger partial charge is 0.320 e. The fraction of sp³-hybridized carbons (Fsp3) is 0.317. The first kappa shape index (κ1) is 34.2. The highest BCUT2D eigenvalue weighted by molar-refractivity contribution is 6.34. The number of aliphatic hydroxyl groups excluding tert-OH is 1. The van der Waals surface area contributed by atoms with E-state index in [1.54, 1.807) is 6.20 Å². The molecule has 6 aromatic rings. The van der Waals surface area contributed by atoms with E-state index in [0.717, 1.165) is 94.4 Å². The molecule has 5 heterocycles. The van der Waals surface area contributed by atoms with Crippen LogP contribution >= 0.6 is 11.6 Å². The highest BCUT2D eigenvalue weighted by atomic mass is 35.5. The van der Waals surface area contributed by atoms with E-state index in [-0.39, 0.29) is 6.10 Å². The van der Waals surface area contributed by atoms with Gasteiger partial charge in [0.2, 0.25) is 5.89 Å². The number of pyridine rings is 2. The molecule has 0 bridgehead atoms. The number of fused-ring (bicyclic) bond motifs is 2. The summed E-state index contributed by atoms with van der Waals surface area (Å²) in [7, 11) is 0. The molecular formula is C41H41ClN6O4. The molecule has 52 heavy (non-hydrogen) atoms. The van der Waals surface area contributed by atoms with Crippen molar-refractivity contribution in [2.24, 2.45) is 0 Å². The van der Waals surface area contributed by atoms with Crippen LogP contribution in [0.15, 0.2) is 77.5 Å². The van der Waals surface area contributed by atoms with Gasteiger partial charge in [0.25, 0.3) is 0 Å². The van der Waals surface area contributed by atoms with E-state index < -0.39 is 12.0 Å². The minimum absolute atomic E-state index is 0.249. The van der Waals surface area contributed by atoms with Gasteiger partial charge in [-0.25, -0.2) is 9.97 Å². The van der Waals surface area contributed by atoms with Crippen LogP contribution in [0.3, 0.4) is 0 Å². The fourth-order valence-electron chi connectivity index (χ4n) is 7.79. The number of hydrogen-bond acceptors (Lipinski definition) is 9. The number of carboxylic acid groups (broad SMARTS) is 1. The minimum atomic E-state index is -0.783. The summed E-state index contributed by atoms with van der Waals surface area (Å²) in [5.41, 5.74) is 9.98. The van der Waals surface area contributed by atoms with Gasteiger partial charge in [-0.1, -0.05) is 42.3 Å². The summed E-state index contributed by atoms with van der Waals surface area (Å²) in [5, 5.41) is 24.7. The highest BCUT2D eigenvalue weighted by Crippen LogP contribution is 2.38. The number of carbonyl (C=O) groups is 1. The molecule has 2 unspecified atom stereocenters. The van der Waals surface area contributed by atoms with Gasteiger partial charge in [0.05, 0.1) is 11.1 Å². The zero-order chi connectivity index (χ0) is 35.9. The van der Waals surface area contributed by atoms with Crippen LogP contribution in [0.25, 0.3) is 44.6 Å². The lowest BCUT2D eigenvalue weighted by atomic mass is 9.93. The molecule has 266 valence electrons. The summed E-state index contributed by atoms with van der Waals surface area (Å²) in [6, 6.07) is 19.8. The summed E-state index contributed by atoms with van der Waals surface area (Å²) in [4.78, 5) is 30.5. The summed E-state index contributed by atoms with van der Waals surface area (Å²) < 4.78 is 6.29. The molecule has 11 heteroatoms. The lowest BCUT2D eigenvalue weighted by Gasteiger charge is -2.32. The van der Waals surface area contributed by atoms with Crippen LogP contribution in [0.4, 0.5) is 11.5 Å². The third-order valence-electron chi connectivity index (χ3n) is 10.5. The van der Waals surface area contributed by atoms with E-state index in [2.05, 4.69) is 53.3 Å². The zero-order valence-electron chi connectivity index (χ0n) is 29.3. The molecule has 0 spiro atoms. The normalized spacial score (nSPS) is 18.4. The maximum absolute atomic E-state index is 11.9. The topological polar surface area (TPSA) is 128 Å². The molecule has 2 fully saturated rings. The number of nitrogens with zero attached hydrogens (tertiary/aromatic N) is 5. The van der Waals surface area contributed by atoms with Crippen molar-refractivity contribution in [3.05, 3.63) is 100 Å². The fourth-order valence-corrected chi connectivity index (χ4v) is 8.07. The number of benzene rings is 3. The molecule has 2 aliphatic rings. The van der Waals surface area contributed by atoms with Gasteiger partial charge in [-0.05, 0) is 109 Å².